The van der Waals surface area contributed by atoms with Gasteiger partial charge in [-0.25, -0.2) is 9.78 Å². The van der Waals surface area contributed by atoms with Crippen molar-refractivity contribution in [2.24, 2.45) is 15.9 Å². The van der Waals surface area contributed by atoms with E-state index in [0.29, 0.717) is 16.5 Å². The quantitative estimate of drug-likeness (QED) is 0.0524. The second-order valence-corrected chi connectivity index (χ2v) is 13.2. The van der Waals surface area contributed by atoms with Gasteiger partial charge in [-0.2, -0.15) is 13.5 Å². The fourth-order valence-electron chi connectivity index (χ4n) is 4.45. The number of carbonyl (C=O) groups is 3. The second-order valence-electron chi connectivity index (χ2n) is 10.6. The Bertz CT molecular complexity index is 1640. The lowest BCUT2D eigenvalue weighted by Gasteiger charge is -2.50. The van der Waals surface area contributed by atoms with Crippen LogP contribution in [0.1, 0.15) is 37.9 Å². The van der Waals surface area contributed by atoms with Crippen LogP contribution in [0.25, 0.3) is 0 Å². The first-order valence-corrected chi connectivity index (χ1v) is 16.1. The Kier molecular flexibility index (Phi) is 10.7. The van der Waals surface area contributed by atoms with Gasteiger partial charge in [0.1, 0.15) is 34.3 Å². The molecule has 18 nitrogen and oxygen atoms in total. The van der Waals surface area contributed by atoms with Crippen LogP contribution in [0.15, 0.2) is 34.4 Å². The first kappa shape index (κ1) is 34.8. The Morgan fingerprint density at radius 2 is 2.02 bits per heavy atom. The number of nitrogens with zero attached hydrogens (tertiary/aromatic N) is 4. The lowest BCUT2D eigenvalue weighted by atomic mass is 9.84. The van der Waals surface area contributed by atoms with Gasteiger partial charge >= 0.3 is 16.4 Å². The molecule has 2 fully saturated rings. The standard InChI is InChI=1S/C25H31ClN8O10S2/c1-25(2)18(22(36)34(25)44-46(39,40)41)32-21(35)17(16-19(26)45-24(28)31-16)33-43-15(23(37)38)11-42-14-7-5-12(6-8-14)20(27)30-13-4-3-9-29-10-13/h5-8,13,15,18,29H,3-4,9-11H2,1-2H3,(H2,27,30)(H2,28,31)(H,32,35)(H,37,38)(H,39,40,41)/b33-17-/t13-,15?,18-/m1/s1. The molecular weight excluding hydrogens is 672 g/mol. The van der Waals surface area contributed by atoms with Crippen molar-refractivity contribution < 1.29 is 46.3 Å². The van der Waals surface area contributed by atoms with Crippen molar-refractivity contribution in [2.45, 2.75) is 50.4 Å². The number of aliphatic imine (C=N–C) groups is 1. The molecule has 21 heteroatoms. The van der Waals surface area contributed by atoms with Gasteiger partial charge in [0.05, 0.1) is 11.6 Å². The molecular formula is C25H31ClN8O10S2. The summed E-state index contributed by atoms with van der Waals surface area (Å²) in [5, 5.41) is 19.3. The summed E-state index contributed by atoms with van der Waals surface area (Å²) in [7, 11) is -5.04. The number of carbonyl (C=O) groups excluding carboxylic acids is 2. The minimum Gasteiger partial charge on any atom is -0.489 e. The number of hydrogen-bond donors (Lipinski definition) is 6. The summed E-state index contributed by atoms with van der Waals surface area (Å²) in [6.07, 6.45) is 0.206. The first-order chi connectivity index (χ1) is 21.6. The molecule has 0 spiro atoms. The number of oxime groups is 1. The number of aromatic nitrogens is 1. The number of hydroxylamine groups is 2. The van der Waals surface area contributed by atoms with Crippen LogP contribution in [0.5, 0.6) is 5.75 Å². The lowest BCUT2D eigenvalue weighted by molar-refractivity contribution is -0.218. The van der Waals surface area contributed by atoms with Crippen LogP contribution in [0.4, 0.5) is 5.13 Å². The number of piperidine rings is 1. The minimum absolute atomic E-state index is 0.0593. The predicted octanol–water partition coefficient (Wildman–Crippen LogP) is -0.0711. The number of rotatable bonds is 13. The molecule has 46 heavy (non-hydrogen) atoms. The smallest absolute Gasteiger partial charge is 0.418 e. The fraction of sp³-hybridized carbons (Fsp3) is 0.440. The number of thiazole rings is 1. The zero-order valence-corrected chi connectivity index (χ0v) is 26.8. The molecule has 1 aromatic heterocycles. The van der Waals surface area contributed by atoms with Crippen LogP contribution in [0, 0.1) is 0 Å². The van der Waals surface area contributed by atoms with Gasteiger partial charge in [0.2, 0.25) is 0 Å². The molecule has 8 N–H and O–H groups in total. The van der Waals surface area contributed by atoms with Crippen LogP contribution in [0.2, 0.25) is 4.34 Å². The number of nitrogens with one attached hydrogen (secondary N) is 2. The van der Waals surface area contributed by atoms with E-state index in [1.807, 2.05) is 0 Å². The summed E-state index contributed by atoms with van der Waals surface area (Å²) >= 11 is 6.95. The van der Waals surface area contributed by atoms with Gasteiger partial charge in [-0.15, -0.1) is 4.28 Å². The number of nitrogens with two attached hydrogens (primary N) is 2. The van der Waals surface area contributed by atoms with E-state index in [4.69, 9.17) is 37.2 Å². The number of amidine groups is 1. The molecule has 4 rings (SSSR count). The van der Waals surface area contributed by atoms with E-state index in [1.165, 1.54) is 13.8 Å². The van der Waals surface area contributed by atoms with Crippen molar-refractivity contribution >= 4 is 67.8 Å². The van der Waals surface area contributed by atoms with E-state index < -0.39 is 58.2 Å². The third-order valence-electron chi connectivity index (χ3n) is 6.85. The number of β-lactam (4-membered cyclic amide) rings is 1. The van der Waals surface area contributed by atoms with Crippen LogP contribution in [-0.2, 0) is 33.9 Å². The molecule has 0 saturated carbocycles. The molecule has 0 bridgehead atoms. The highest BCUT2D eigenvalue weighted by molar-refractivity contribution is 7.80. The van der Waals surface area contributed by atoms with E-state index in [1.54, 1.807) is 24.3 Å². The average Bonchev–Trinajstić information content (AvgIpc) is 3.33. The van der Waals surface area contributed by atoms with Crippen molar-refractivity contribution in [3.63, 3.8) is 0 Å². The summed E-state index contributed by atoms with van der Waals surface area (Å²) in [5.74, 6) is -2.98. The average molecular weight is 703 g/mol. The Morgan fingerprint density at radius 3 is 2.57 bits per heavy atom. The minimum atomic E-state index is -5.04. The zero-order valence-electron chi connectivity index (χ0n) is 24.4. The van der Waals surface area contributed by atoms with Crippen molar-refractivity contribution in [1.29, 1.82) is 0 Å². The van der Waals surface area contributed by atoms with E-state index in [9.17, 15) is 27.9 Å². The molecule has 2 aromatic rings. The third-order valence-corrected chi connectivity index (χ3v) is 8.27. The molecule has 2 aliphatic heterocycles. The third kappa shape index (κ3) is 8.39. The van der Waals surface area contributed by atoms with E-state index >= 15 is 0 Å². The van der Waals surface area contributed by atoms with Crippen LogP contribution in [0.3, 0.4) is 0 Å². The molecule has 1 aromatic carbocycles. The molecule has 2 saturated heterocycles. The van der Waals surface area contributed by atoms with Gasteiger partial charge in [-0.1, -0.05) is 28.1 Å². The molecule has 250 valence electrons. The number of anilines is 1. The van der Waals surface area contributed by atoms with Crippen molar-refractivity contribution in [2.75, 3.05) is 25.4 Å². The summed E-state index contributed by atoms with van der Waals surface area (Å²) in [6, 6.07) is 5.19. The number of carboxylic acid groups (broad SMARTS) is 1. The zero-order chi connectivity index (χ0) is 33.8. The first-order valence-electron chi connectivity index (χ1n) is 13.5. The van der Waals surface area contributed by atoms with Gasteiger partial charge in [-0.3, -0.25) is 19.1 Å². The lowest BCUT2D eigenvalue weighted by Crippen LogP contribution is -2.76. The van der Waals surface area contributed by atoms with Crippen molar-refractivity contribution in [3.8, 4) is 5.75 Å². The van der Waals surface area contributed by atoms with E-state index in [2.05, 4.69) is 30.0 Å². The highest BCUT2D eigenvalue weighted by atomic mass is 35.5. The molecule has 3 heterocycles. The van der Waals surface area contributed by atoms with E-state index in [-0.39, 0.29) is 27.0 Å². The molecule has 2 aliphatic rings. The summed E-state index contributed by atoms with van der Waals surface area (Å²) in [6.45, 7) is 3.82. The SMILES string of the molecule is CC1(C)[C@H](NC(=O)/C(=N\OC(COc2ccc(C(N)=N[C@@H]3CCCNC3)cc2)C(=O)O)c2nc(N)sc2Cl)C(=O)N1OS(=O)(=O)O. The van der Waals surface area contributed by atoms with Crippen LogP contribution in [-0.4, -0.2) is 101 Å². The number of benzene rings is 1. The van der Waals surface area contributed by atoms with Crippen LogP contribution < -0.4 is 26.8 Å². The van der Waals surface area contributed by atoms with Gasteiger partial charge < -0.3 is 36.8 Å². The van der Waals surface area contributed by atoms with Crippen molar-refractivity contribution in [1.82, 2.24) is 20.7 Å². The van der Waals surface area contributed by atoms with Crippen LogP contribution >= 0.6 is 22.9 Å². The second kappa shape index (κ2) is 14.1. The number of aliphatic carboxylic acids is 1. The normalized spacial score (nSPS) is 20.9. The predicted molar refractivity (Wildman–Crippen MR) is 165 cm³/mol. The largest absolute Gasteiger partial charge is 0.489 e. The summed E-state index contributed by atoms with van der Waals surface area (Å²) in [4.78, 5) is 51.4. The topological polar surface area (TPSA) is 270 Å². The Hall–Kier alpha value is -4.08. The summed E-state index contributed by atoms with van der Waals surface area (Å²) < 4.78 is 40.9. The highest BCUT2D eigenvalue weighted by Gasteiger charge is 2.58. The molecule has 3 atom stereocenters. The molecule has 0 aliphatic carbocycles. The number of amides is 2. The maximum Gasteiger partial charge on any atom is 0.418 e. The van der Waals surface area contributed by atoms with Crippen molar-refractivity contribution in [3.05, 3.63) is 39.9 Å². The molecule has 2 amide bonds. The monoisotopic (exact) mass is 702 g/mol. The van der Waals surface area contributed by atoms with Gasteiger partial charge in [0, 0.05) is 12.1 Å². The van der Waals surface area contributed by atoms with E-state index in [0.717, 1.165) is 37.3 Å². The highest BCUT2D eigenvalue weighted by Crippen LogP contribution is 2.33. The summed E-state index contributed by atoms with van der Waals surface area (Å²) in [5.41, 5.74) is 10.1. The van der Waals surface area contributed by atoms with Gasteiger partial charge in [0.25, 0.3) is 17.9 Å². The Labute approximate surface area is 271 Å². The Balaban J connectivity index is 1.46. The number of halogens is 1. The number of ether oxygens (including phenoxy) is 1. The fourth-order valence-corrected chi connectivity index (χ4v) is 5.83. The Morgan fingerprint density at radius 1 is 1.33 bits per heavy atom. The number of nitrogen functional groups attached to an aromatic ring is 1. The van der Waals surface area contributed by atoms with Gasteiger partial charge in [-0.05, 0) is 57.5 Å². The molecule has 0 radical (unpaired) electrons. The van der Waals surface area contributed by atoms with Gasteiger partial charge in [0.15, 0.2) is 10.8 Å². The maximum absolute atomic E-state index is 13.3. The molecule has 1 unspecified atom stereocenters. The number of hydrogen-bond acceptors (Lipinski definition) is 14. The maximum atomic E-state index is 13.3. The number of carboxylic acids is 1.